The number of nitrogens with two attached hydrogens (primary N) is 1. The summed E-state index contributed by atoms with van der Waals surface area (Å²) < 4.78 is 1.65. The van der Waals surface area contributed by atoms with Crippen LogP contribution in [0.1, 0.15) is 5.56 Å². The van der Waals surface area contributed by atoms with Gasteiger partial charge in [0.15, 0.2) is 0 Å². The summed E-state index contributed by atoms with van der Waals surface area (Å²) in [7, 11) is 0. The van der Waals surface area contributed by atoms with Crippen LogP contribution in [0, 0.1) is 0 Å². The zero-order valence-electron chi connectivity index (χ0n) is 10.4. The summed E-state index contributed by atoms with van der Waals surface area (Å²) in [5.41, 5.74) is 7.49. The summed E-state index contributed by atoms with van der Waals surface area (Å²) in [6.45, 7) is 0.394. The predicted molar refractivity (Wildman–Crippen MR) is 73.2 cm³/mol. The summed E-state index contributed by atoms with van der Waals surface area (Å²) in [6, 6.07) is 11.5. The van der Waals surface area contributed by atoms with Crippen LogP contribution in [0.3, 0.4) is 0 Å². The highest BCUT2D eigenvalue weighted by Gasteiger charge is 2.13. The van der Waals surface area contributed by atoms with Crippen molar-refractivity contribution in [1.29, 1.82) is 0 Å². The van der Waals surface area contributed by atoms with Crippen molar-refractivity contribution in [2.45, 2.75) is 16.7 Å². The van der Waals surface area contributed by atoms with Crippen molar-refractivity contribution in [2.24, 2.45) is 5.73 Å². The minimum Gasteiger partial charge on any atom is -0.326 e. The van der Waals surface area contributed by atoms with E-state index in [2.05, 4.69) is 25.7 Å². The Bertz CT molecular complexity index is 698. The van der Waals surface area contributed by atoms with Gasteiger partial charge < -0.3 is 5.73 Å². The first-order valence-corrected chi connectivity index (χ1v) is 6.72. The molecule has 0 aliphatic rings. The average Bonchev–Trinajstić information content (AvgIpc) is 2.97. The van der Waals surface area contributed by atoms with Gasteiger partial charge in [0.1, 0.15) is 5.03 Å². The second kappa shape index (κ2) is 5.76. The number of rotatable bonds is 4. The van der Waals surface area contributed by atoms with E-state index in [4.69, 9.17) is 5.73 Å². The average molecular weight is 285 g/mol. The fourth-order valence-electron chi connectivity index (χ4n) is 1.65. The van der Waals surface area contributed by atoms with Gasteiger partial charge >= 0.3 is 0 Å². The molecule has 3 rings (SSSR count). The van der Waals surface area contributed by atoms with Crippen LogP contribution < -0.4 is 5.73 Å². The van der Waals surface area contributed by atoms with E-state index in [9.17, 15) is 0 Å². The van der Waals surface area contributed by atoms with E-state index >= 15 is 0 Å². The molecular weight excluding hydrogens is 274 g/mol. The number of nitrogens with zero attached hydrogens (tertiary/aromatic N) is 6. The van der Waals surface area contributed by atoms with E-state index in [0.717, 1.165) is 11.3 Å². The van der Waals surface area contributed by atoms with Gasteiger partial charge in [0.25, 0.3) is 0 Å². The van der Waals surface area contributed by atoms with Gasteiger partial charge in [-0.2, -0.15) is 9.78 Å². The normalized spacial score (nSPS) is 10.7. The Morgan fingerprint density at radius 1 is 1.10 bits per heavy atom. The Kier molecular flexibility index (Phi) is 3.66. The maximum atomic E-state index is 5.69. The van der Waals surface area contributed by atoms with E-state index in [1.165, 1.54) is 11.8 Å². The Morgan fingerprint density at radius 2 is 1.95 bits per heavy atom. The fraction of sp³-hybridized carbons (Fsp3) is 0.0833. The molecule has 0 fully saturated rings. The van der Waals surface area contributed by atoms with Gasteiger partial charge in [0.05, 0.1) is 5.69 Å². The summed E-state index contributed by atoms with van der Waals surface area (Å²) in [6.07, 6.45) is 1.62. The van der Waals surface area contributed by atoms with Gasteiger partial charge in [-0.15, -0.1) is 10.2 Å². The highest BCUT2D eigenvalue weighted by atomic mass is 32.2. The standard InChI is InChI=1S/C12H11N7S/c13-8-9-6-7-14-15-11(9)20-12-16-17-18-19(12)10-4-2-1-3-5-10/h1-7H,8,13H2. The van der Waals surface area contributed by atoms with Crippen molar-refractivity contribution in [3.8, 4) is 5.69 Å². The van der Waals surface area contributed by atoms with Crippen LogP contribution in [0.15, 0.2) is 52.8 Å². The monoisotopic (exact) mass is 285 g/mol. The molecule has 0 saturated carbocycles. The zero-order chi connectivity index (χ0) is 13.8. The third kappa shape index (κ3) is 2.51. The van der Waals surface area contributed by atoms with Gasteiger partial charge in [-0.1, -0.05) is 18.2 Å². The summed E-state index contributed by atoms with van der Waals surface area (Å²) in [4.78, 5) is 0. The number of hydrogen-bond acceptors (Lipinski definition) is 7. The summed E-state index contributed by atoms with van der Waals surface area (Å²) in [5, 5.41) is 21.0. The smallest absolute Gasteiger partial charge is 0.220 e. The van der Waals surface area contributed by atoms with Crippen molar-refractivity contribution in [1.82, 2.24) is 30.4 Å². The first-order valence-electron chi connectivity index (χ1n) is 5.91. The van der Waals surface area contributed by atoms with E-state index in [1.54, 1.807) is 10.9 Å². The molecule has 3 aromatic rings. The maximum absolute atomic E-state index is 5.69. The minimum absolute atomic E-state index is 0.394. The Labute approximate surface area is 119 Å². The van der Waals surface area contributed by atoms with Crippen LogP contribution in [-0.2, 0) is 6.54 Å². The molecule has 0 aliphatic carbocycles. The molecule has 2 N–H and O–H groups in total. The zero-order valence-corrected chi connectivity index (χ0v) is 11.2. The van der Waals surface area contributed by atoms with Crippen LogP contribution in [0.2, 0.25) is 0 Å². The molecule has 8 heteroatoms. The molecular formula is C12H11N7S. The Hall–Kier alpha value is -2.32. The van der Waals surface area contributed by atoms with Crippen LogP contribution in [0.5, 0.6) is 0 Å². The molecule has 1 aromatic carbocycles. The van der Waals surface area contributed by atoms with Gasteiger partial charge in [-0.05, 0) is 40.4 Å². The largest absolute Gasteiger partial charge is 0.326 e. The van der Waals surface area contributed by atoms with E-state index in [-0.39, 0.29) is 0 Å². The topological polar surface area (TPSA) is 95.4 Å². The number of hydrogen-bond donors (Lipinski definition) is 1. The van der Waals surface area contributed by atoms with Gasteiger partial charge in [-0.25, -0.2) is 0 Å². The lowest BCUT2D eigenvalue weighted by molar-refractivity contribution is 0.754. The molecule has 20 heavy (non-hydrogen) atoms. The van der Waals surface area contributed by atoms with Crippen LogP contribution in [-0.4, -0.2) is 30.4 Å². The quantitative estimate of drug-likeness (QED) is 0.765. The van der Waals surface area contributed by atoms with Crippen molar-refractivity contribution in [3.05, 3.63) is 48.2 Å². The van der Waals surface area contributed by atoms with Gasteiger partial charge in [0.2, 0.25) is 5.16 Å². The van der Waals surface area contributed by atoms with Crippen molar-refractivity contribution < 1.29 is 0 Å². The maximum Gasteiger partial charge on any atom is 0.220 e. The van der Waals surface area contributed by atoms with Crippen molar-refractivity contribution in [3.63, 3.8) is 0 Å². The highest BCUT2D eigenvalue weighted by Crippen LogP contribution is 2.27. The first kappa shape index (κ1) is 12.7. The number of para-hydroxylation sites is 1. The lowest BCUT2D eigenvalue weighted by atomic mass is 10.3. The highest BCUT2D eigenvalue weighted by molar-refractivity contribution is 7.99. The minimum atomic E-state index is 0.394. The molecule has 2 heterocycles. The molecule has 0 radical (unpaired) electrons. The fourth-order valence-corrected chi connectivity index (χ4v) is 2.50. The van der Waals surface area contributed by atoms with Crippen LogP contribution in [0.25, 0.3) is 5.69 Å². The van der Waals surface area contributed by atoms with Crippen LogP contribution >= 0.6 is 11.8 Å². The number of aromatic nitrogens is 6. The van der Waals surface area contributed by atoms with E-state index < -0.39 is 0 Å². The van der Waals surface area contributed by atoms with Crippen molar-refractivity contribution >= 4 is 11.8 Å². The Morgan fingerprint density at radius 3 is 2.75 bits per heavy atom. The van der Waals surface area contributed by atoms with Gasteiger partial charge in [-0.3, -0.25) is 0 Å². The molecule has 2 aromatic heterocycles. The molecule has 7 nitrogen and oxygen atoms in total. The van der Waals surface area contributed by atoms with Crippen LogP contribution in [0.4, 0.5) is 0 Å². The first-order chi connectivity index (χ1) is 9.88. The van der Waals surface area contributed by atoms with E-state index in [1.807, 2.05) is 36.4 Å². The second-order valence-electron chi connectivity index (χ2n) is 3.88. The molecule has 0 atom stereocenters. The SMILES string of the molecule is NCc1ccnnc1Sc1nnnn1-c1ccccc1. The van der Waals surface area contributed by atoms with E-state index in [0.29, 0.717) is 16.7 Å². The molecule has 0 spiro atoms. The lowest BCUT2D eigenvalue weighted by Crippen LogP contribution is -2.03. The van der Waals surface area contributed by atoms with Crippen molar-refractivity contribution in [2.75, 3.05) is 0 Å². The second-order valence-corrected chi connectivity index (χ2v) is 4.83. The number of benzene rings is 1. The third-order valence-corrected chi connectivity index (χ3v) is 3.59. The number of tetrazole rings is 1. The summed E-state index contributed by atoms with van der Waals surface area (Å²) >= 11 is 1.34. The van der Waals surface area contributed by atoms with Gasteiger partial charge in [0, 0.05) is 18.3 Å². The third-order valence-electron chi connectivity index (χ3n) is 2.62. The molecule has 0 saturated heterocycles. The molecule has 0 unspecified atom stereocenters. The molecule has 0 amide bonds. The molecule has 100 valence electrons. The predicted octanol–water partition coefficient (Wildman–Crippen LogP) is 1.06. The molecule has 0 bridgehead atoms. The Balaban J connectivity index is 1.95. The molecule has 0 aliphatic heterocycles. The summed E-state index contributed by atoms with van der Waals surface area (Å²) in [5.74, 6) is 0. The lowest BCUT2D eigenvalue weighted by Gasteiger charge is -2.05.